The van der Waals surface area contributed by atoms with E-state index in [1.54, 1.807) is 27.2 Å². The van der Waals surface area contributed by atoms with E-state index in [2.05, 4.69) is 0 Å². The standard InChI is InChI=1S/C14H18O3/c1-10(7-11(2)15)8-12-5-6-13(16-3)14(9-12)17-4/h5-7,9H,8H2,1-4H3/b10-7-. The summed E-state index contributed by atoms with van der Waals surface area (Å²) in [6.45, 7) is 3.50. The molecule has 0 amide bonds. The quantitative estimate of drug-likeness (QED) is 0.735. The Balaban J connectivity index is 2.89. The highest BCUT2D eigenvalue weighted by Crippen LogP contribution is 2.28. The van der Waals surface area contributed by atoms with Gasteiger partial charge in [0.2, 0.25) is 0 Å². The van der Waals surface area contributed by atoms with Crippen molar-refractivity contribution in [3.63, 3.8) is 0 Å². The molecule has 0 aliphatic heterocycles. The lowest BCUT2D eigenvalue weighted by atomic mass is 10.0. The first-order valence-electron chi connectivity index (χ1n) is 5.45. The summed E-state index contributed by atoms with van der Waals surface area (Å²) in [5, 5.41) is 0. The Morgan fingerprint density at radius 1 is 1.18 bits per heavy atom. The fourth-order valence-electron chi connectivity index (χ4n) is 1.71. The maximum atomic E-state index is 10.9. The smallest absolute Gasteiger partial charge is 0.160 e. The molecule has 0 aliphatic carbocycles. The van der Waals surface area contributed by atoms with Crippen molar-refractivity contribution in [2.24, 2.45) is 0 Å². The van der Waals surface area contributed by atoms with Gasteiger partial charge in [-0.15, -0.1) is 0 Å². The van der Waals surface area contributed by atoms with Crippen molar-refractivity contribution in [2.75, 3.05) is 14.2 Å². The van der Waals surface area contributed by atoms with Crippen LogP contribution in [-0.2, 0) is 11.2 Å². The maximum absolute atomic E-state index is 10.9. The number of carbonyl (C=O) groups excluding carboxylic acids is 1. The molecule has 0 atom stereocenters. The minimum Gasteiger partial charge on any atom is -0.493 e. The molecule has 17 heavy (non-hydrogen) atoms. The minimum absolute atomic E-state index is 0.0722. The van der Waals surface area contributed by atoms with Crippen molar-refractivity contribution in [2.45, 2.75) is 20.3 Å². The highest BCUT2D eigenvalue weighted by molar-refractivity contribution is 5.87. The molecule has 0 radical (unpaired) electrons. The number of ketones is 1. The zero-order valence-electron chi connectivity index (χ0n) is 10.7. The molecule has 3 heteroatoms. The van der Waals surface area contributed by atoms with Crippen LogP contribution in [0.3, 0.4) is 0 Å². The van der Waals surface area contributed by atoms with Gasteiger partial charge in [0.05, 0.1) is 14.2 Å². The van der Waals surface area contributed by atoms with E-state index in [0.29, 0.717) is 11.5 Å². The van der Waals surface area contributed by atoms with Crippen LogP contribution in [0, 0.1) is 0 Å². The lowest BCUT2D eigenvalue weighted by molar-refractivity contribution is -0.112. The van der Waals surface area contributed by atoms with E-state index in [9.17, 15) is 4.79 Å². The number of carbonyl (C=O) groups is 1. The largest absolute Gasteiger partial charge is 0.493 e. The second kappa shape index (κ2) is 6.09. The van der Waals surface area contributed by atoms with Crippen molar-refractivity contribution in [1.82, 2.24) is 0 Å². The molecule has 1 rings (SSSR count). The molecule has 0 saturated heterocycles. The molecule has 0 spiro atoms. The number of hydrogen-bond donors (Lipinski definition) is 0. The van der Waals surface area contributed by atoms with Crippen LogP contribution in [0.4, 0.5) is 0 Å². The third kappa shape index (κ3) is 3.94. The van der Waals surface area contributed by atoms with Gasteiger partial charge in [0.25, 0.3) is 0 Å². The zero-order chi connectivity index (χ0) is 12.8. The van der Waals surface area contributed by atoms with E-state index in [1.807, 2.05) is 25.1 Å². The SMILES string of the molecule is COc1ccc(C/C(C)=C\C(C)=O)cc1OC. The normalized spacial score (nSPS) is 11.2. The summed E-state index contributed by atoms with van der Waals surface area (Å²) in [5.41, 5.74) is 2.13. The average molecular weight is 234 g/mol. The molecule has 0 aliphatic rings. The van der Waals surface area contributed by atoms with Gasteiger partial charge in [0.15, 0.2) is 17.3 Å². The van der Waals surface area contributed by atoms with Crippen LogP contribution in [0.15, 0.2) is 29.8 Å². The number of methoxy groups -OCH3 is 2. The molecule has 0 saturated carbocycles. The maximum Gasteiger partial charge on any atom is 0.160 e. The summed E-state index contributed by atoms with van der Waals surface area (Å²) in [4.78, 5) is 10.9. The highest BCUT2D eigenvalue weighted by atomic mass is 16.5. The summed E-state index contributed by atoms with van der Waals surface area (Å²) in [6, 6.07) is 5.77. The third-order valence-electron chi connectivity index (χ3n) is 2.38. The first kappa shape index (κ1) is 13.3. The van der Waals surface area contributed by atoms with Gasteiger partial charge in [-0.25, -0.2) is 0 Å². The third-order valence-corrected chi connectivity index (χ3v) is 2.38. The van der Waals surface area contributed by atoms with Crippen LogP contribution in [0.2, 0.25) is 0 Å². The second-order valence-corrected chi connectivity index (χ2v) is 3.97. The Morgan fingerprint density at radius 2 is 1.82 bits per heavy atom. The topological polar surface area (TPSA) is 35.5 Å². The molecule has 1 aromatic carbocycles. The van der Waals surface area contributed by atoms with E-state index in [1.165, 1.54) is 0 Å². The number of ether oxygens (including phenoxy) is 2. The van der Waals surface area contributed by atoms with E-state index >= 15 is 0 Å². The lowest BCUT2D eigenvalue weighted by Gasteiger charge is -2.09. The van der Waals surface area contributed by atoms with Gasteiger partial charge in [-0.1, -0.05) is 11.6 Å². The molecule has 1 aromatic rings. The Labute approximate surface area is 102 Å². The van der Waals surface area contributed by atoms with E-state index in [-0.39, 0.29) is 5.78 Å². The zero-order valence-corrected chi connectivity index (χ0v) is 10.7. The summed E-state index contributed by atoms with van der Waals surface area (Å²) >= 11 is 0. The van der Waals surface area contributed by atoms with Crippen molar-refractivity contribution in [3.8, 4) is 11.5 Å². The summed E-state index contributed by atoms with van der Waals surface area (Å²) < 4.78 is 10.4. The van der Waals surface area contributed by atoms with Crippen molar-refractivity contribution >= 4 is 5.78 Å². The predicted molar refractivity (Wildman–Crippen MR) is 67.7 cm³/mol. The average Bonchev–Trinajstić information content (AvgIpc) is 2.27. The highest BCUT2D eigenvalue weighted by Gasteiger charge is 2.05. The molecule has 0 unspecified atom stereocenters. The van der Waals surface area contributed by atoms with Gasteiger partial charge >= 0.3 is 0 Å². The van der Waals surface area contributed by atoms with E-state index in [0.717, 1.165) is 17.6 Å². The molecule has 92 valence electrons. The van der Waals surface area contributed by atoms with Crippen molar-refractivity contribution in [3.05, 3.63) is 35.4 Å². The van der Waals surface area contributed by atoms with Crippen LogP contribution >= 0.6 is 0 Å². The Morgan fingerprint density at radius 3 is 2.35 bits per heavy atom. The van der Waals surface area contributed by atoms with Crippen LogP contribution in [0.5, 0.6) is 11.5 Å². The Kier molecular flexibility index (Phi) is 4.76. The van der Waals surface area contributed by atoms with Gasteiger partial charge in [-0.3, -0.25) is 4.79 Å². The molecular formula is C14H18O3. The molecule has 0 aromatic heterocycles. The summed E-state index contributed by atoms with van der Waals surface area (Å²) in [6.07, 6.45) is 2.39. The van der Waals surface area contributed by atoms with Gasteiger partial charge in [0, 0.05) is 0 Å². The van der Waals surface area contributed by atoms with Gasteiger partial charge in [-0.05, 0) is 44.0 Å². The van der Waals surface area contributed by atoms with Crippen molar-refractivity contribution in [1.29, 1.82) is 0 Å². The Bertz CT molecular complexity index is 433. The first-order chi connectivity index (χ1) is 8.06. The molecule has 0 heterocycles. The Hall–Kier alpha value is -1.77. The predicted octanol–water partition coefficient (Wildman–Crippen LogP) is 2.78. The fourth-order valence-corrected chi connectivity index (χ4v) is 1.71. The molecule has 3 nitrogen and oxygen atoms in total. The van der Waals surface area contributed by atoms with Crippen LogP contribution in [0.25, 0.3) is 0 Å². The second-order valence-electron chi connectivity index (χ2n) is 3.97. The number of benzene rings is 1. The molecule has 0 fully saturated rings. The number of allylic oxidation sites excluding steroid dienone is 2. The molecular weight excluding hydrogens is 216 g/mol. The first-order valence-corrected chi connectivity index (χ1v) is 5.45. The van der Waals surface area contributed by atoms with Gasteiger partial charge in [0.1, 0.15) is 0 Å². The van der Waals surface area contributed by atoms with E-state index < -0.39 is 0 Å². The van der Waals surface area contributed by atoms with Gasteiger partial charge in [-0.2, -0.15) is 0 Å². The fraction of sp³-hybridized carbons (Fsp3) is 0.357. The molecule has 0 bridgehead atoms. The van der Waals surface area contributed by atoms with Crippen LogP contribution < -0.4 is 9.47 Å². The van der Waals surface area contributed by atoms with Crippen LogP contribution in [0.1, 0.15) is 19.4 Å². The van der Waals surface area contributed by atoms with E-state index in [4.69, 9.17) is 9.47 Å². The number of rotatable bonds is 5. The van der Waals surface area contributed by atoms with Crippen molar-refractivity contribution < 1.29 is 14.3 Å². The van der Waals surface area contributed by atoms with Gasteiger partial charge < -0.3 is 9.47 Å². The summed E-state index contributed by atoms with van der Waals surface area (Å²) in [5.74, 6) is 1.49. The lowest BCUT2D eigenvalue weighted by Crippen LogP contribution is -1.94. The number of hydrogen-bond acceptors (Lipinski definition) is 3. The monoisotopic (exact) mass is 234 g/mol. The van der Waals surface area contributed by atoms with Crippen LogP contribution in [-0.4, -0.2) is 20.0 Å². The molecule has 0 N–H and O–H groups in total. The minimum atomic E-state index is 0.0722. The summed E-state index contributed by atoms with van der Waals surface area (Å²) in [7, 11) is 3.22.